The van der Waals surface area contributed by atoms with E-state index in [1.54, 1.807) is 25.3 Å². The van der Waals surface area contributed by atoms with Crippen molar-refractivity contribution in [3.8, 4) is 5.75 Å². The molecule has 0 spiro atoms. The first-order valence-electron chi connectivity index (χ1n) is 7.64. The van der Waals surface area contributed by atoms with Gasteiger partial charge in [0, 0.05) is 33.9 Å². The minimum absolute atomic E-state index is 0.0205. The largest absolute Gasteiger partial charge is 0.497 e. The highest BCUT2D eigenvalue weighted by Gasteiger charge is 2.15. The maximum absolute atomic E-state index is 12.5. The van der Waals surface area contributed by atoms with E-state index in [1.807, 2.05) is 18.2 Å². The van der Waals surface area contributed by atoms with Crippen molar-refractivity contribution in [2.45, 2.75) is 19.3 Å². The average molecular weight is 389 g/mol. The molecule has 2 aromatic carbocycles. The first kappa shape index (κ1) is 16.5. The molecule has 1 aliphatic rings. The maximum atomic E-state index is 12.5. The Morgan fingerprint density at radius 3 is 2.83 bits per heavy atom. The van der Waals surface area contributed by atoms with Gasteiger partial charge in [0.1, 0.15) is 5.75 Å². The van der Waals surface area contributed by atoms with Crippen molar-refractivity contribution in [2.75, 3.05) is 17.7 Å². The Kier molecular flexibility index (Phi) is 4.85. The molecule has 124 valence electrons. The van der Waals surface area contributed by atoms with E-state index < -0.39 is 0 Å². The number of hydrogen-bond donors (Lipinski definition) is 2. The number of fused-ring (bicyclic) bond motifs is 1. The zero-order chi connectivity index (χ0) is 17.1. The smallest absolute Gasteiger partial charge is 0.255 e. The summed E-state index contributed by atoms with van der Waals surface area (Å²) in [6, 6.07) is 10.7. The Bertz CT molecular complexity index is 805. The minimum atomic E-state index is -0.200. The Morgan fingerprint density at radius 2 is 2.04 bits per heavy atom. The number of hydrogen-bond acceptors (Lipinski definition) is 3. The molecular weight excluding hydrogens is 372 g/mol. The van der Waals surface area contributed by atoms with Gasteiger partial charge in [0.05, 0.1) is 7.11 Å². The van der Waals surface area contributed by atoms with E-state index in [-0.39, 0.29) is 11.8 Å². The standard InChI is InChI=1S/C18H17BrN2O3/c1-24-15-9-13(19)8-14(10-15)20-18(23)12-5-6-16-11(7-12)3-2-4-17(22)21-16/h5-10H,2-4H2,1H3,(H,20,23)(H,21,22). The van der Waals surface area contributed by atoms with Crippen molar-refractivity contribution in [1.29, 1.82) is 0 Å². The van der Waals surface area contributed by atoms with Crippen LogP contribution in [0.3, 0.4) is 0 Å². The summed E-state index contributed by atoms with van der Waals surface area (Å²) < 4.78 is 6.02. The normalized spacial score (nSPS) is 13.5. The van der Waals surface area contributed by atoms with Crippen LogP contribution in [0.5, 0.6) is 5.75 Å². The van der Waals surface area contributed by atoms with Gasteiger partial charge in [0.15, 0.2) is 0 Å². The molecule has 0 fully saturated rings. The molecule has 6 heteroatoms. The number of amides is 2. The fourth-order valence-corrected chi connectivity index (χ4v) is 3.14. The molecule has 0 aliphatic carbocycles. The number of nitrogens with one attached hydrogen (secondary N) is 2. The van der Waals surface area contributed by atoms with Crippen molar-refractivity contribution in [1.82, 2.24) is 0 Å². The Morgan fingerprint density at radius 1 is 1.21 bits per heavy atom. The van der Waals surface area contributed by atoms with Crippen LogP contribution < -0.4 is 15.4 Å². The highest BCUT2D eigenvalue weighted by Crippen LogP contribution is 2.26. The van der Waals surface area contributed by atoms with Crippen molar-refractivity contribution < 1.29 is 14.3 Å². The van der Waals surface area contributed by atoms with Crippen LogP contribution in [0, 0.1) is 0 Å². The summed E-state index contributed by atoms with van der Waals surface area (Å²) in [4.78, 5) is 24.1. The first-order chi connectivity index (χ1) is 11.5. The van der Waals surface area contributed by atoms with Crippen LogP contribution in [-0.4, -0.2) is 18.9 Å². The van der Waals surface area contributed by atoms with Gasteiger partial charge in [-0.25, -0.2) is 0 Å². The van der Waals surface area contributed by atoms with E-state index in [4.69, 9.17) is 4.74 Å². The van der Waals surface area contributed by atoms with Crippen molar-refractivity contribution in [3.63, 3.8) is 0 Å². The van der Waals surface area contributed by atoms with Crippen LogP contribution in [0.15, 0.2) is 40.9 Å². The van der Waals surface area contributed by atoms with Crippen LogP contribution >= 0.6 is 15.9 Å². The number of benzene rings is 2. The summed E-state index contributed by atoms with van der Waals surface area (Å²) in [7, 11) is 1.58. The molecule has 2 aromatic rings. The molecule has 1 heterocycles. The lowest BCUT2D eigenvalue weighted by atomic mass is 10.0. The summed E-state index contributed by atoms with van der Waals surface area (Å²) in [6.07, 6.45) is 2.07. The van der Waals surface area contributed by atoms with Gasteiger partial charge in [-0.1, -0.05) is 15.9 Å². The lowest BCUT2D eigenvalue weighted by Gasteiger charge is -2.11. The van der Waals surface area contributed by atoms with E-state index in [1.165, 1.54) is 0 Å². The predicted octanol–water partition coefficient (Wildman–Crippen LogP) is 3.98. The number of ether oxygens (including phenoxy) is 1. The minimum Gasteiger partial charge on any atom is -0.497 e. The van der Waals surface area contributed by atoms with Crippen LogP contribution in [0.4, 0.5) is 11.4 Å². The fraction of sp³-hybridized carbons (Fsp3) is 0.222. The molecule has 0 radical (unpaired) electrons. The molecule has 1 aliphatic heterocycles. The summed E-state index contributed by atoms with van der Waals surface area (Å²) in [5.74, 6) is 0.477. The summed E-state index contributed by atoms with van der Waals surface area (Å²) in [5.41, 5.74) is 2.98. The molecule has 2 N–H and O–H groups in total. The van der Waals surface area contributed by atoms with E-state index in [0.29, 0.717) is 23.4 Å². The highest BCUT2D eigenvalue weighted by molar-refractivity contribution is 9.10. The Labute approximate surface area is 148 Å². The second-order valence-corrected chi connectivity index (χ2v) is 6.52. The lowest BCUT2D eigenvalue weighted by molar-refractivity contribution is -0.116. The molecule has 24 heavy (non-hydrogen) atoms. The van der Waals surface area contributed by atoms with Gasteiger partial charge < -0.3 is 15.4 Å². The third-order valence-corrected chi connectivity index (χ3v) is 4.31. The topological polar surface area (TPSA) is 67.4 Å². The summed E-state index contributed by atoms with van der Waals surface area (Å²) in [6.45, 7) is 0. The maximum Gasteiger partial charge on any atom is 0.255 e. The quantitative estimate of drug-likeness (QED) is 0.835. The zero-order valence-corrected chi connectivity index (χ0v) is 14.8. The molecule has 0 atom stereocenters. The third-order valence-electron chi connectivity index (χ3n) is 3.86. The van der Waals surface area contributed by atoms with Gasteiger partial charge in [-0.2, -0.15) is 0 Å². The highest BCUT2D eigenvalue weighted by atomic mass is 79.9. The van der Waals surface area contributed by atoms with E-state index >= 15 is 0 Å². The second-order valence-electron chi connectivity index (χ2n) is 5.61. The van der Waals surface area contributed by atoms with Crippen LogP contribution in [0.25, 0.3) is 0 Å². The van der Waals surface area contributed by atoms with Gasteiger partial charge in [-0.15, -0.1) is 0 Å². The van der Waals surface area contributed by atoms with Crippen molar-refractivity contribution in [2.24, 2.45) is 0 Å². The van der Waals surface area contributed by atoms with E-state index in [2.05, 4.69) is 26.6 Å². The van der Waals surface area contributed by atoms with Crippen molar-refractivity contribution >= 4 is 39.1 Å². The van der Waals surface area contributed by atoms with Gasteiger partial charge in [-0.05, 0) is 48.7 Å². The molecule has 0 saturated heterocycles. The zero-order valence-electron chi connectivity index (χ0n) is 13.2. The van der Waals surface area contributed by atoms with E-state index in [0.717, 1.165) is 28.6 Å². The van der Waals surface area contributed by atoms with Gasteiger partial charge in [0.2, 0.25) is 5.91 Å². The molecule has 0 aromatic heterocycles. The number of carbonyl (C=O) groups is 2. The third kappa shape index (κ3) is 3.76. The van der Waals surface area contributed by atoms with Gasteiger partial charge in [-0.3, -0.25) is 9.59 Å². The predicted molar refractivity (Wildman–Crippen MR) is 96.7 cm³/mol. The van der Waals surface area contributed by atoms with E-state index in [9.17, 15) is 9.59 Å². The molecular formula is C18H17BrN2O3. The molecule has 2 amide bonds. The molecule has 0 bridgehead atoms. The van der Waals surface area contributed by atoms with Gasteiger partial charge in [0.25, 0.3) is 5.91 Å². The van der Waals surface area contributed by atoms with Gasteiger partial charge >= 0.3 is 0 Å². The first-order valence-corrected chi connectivity index (χ1v) is 8.43. The average Bonchev–Trinajstić information content (AvgIpc) is 2.73. The van der Waals surface area contributed by atoms with Crippen LogP contribution in [0.2, 0.25) is 0 Å². The van der Waals surface area contributed by atoms with Crippen LogP contribution in [-0.2, 0) is 11.2 Å². The Hall–Kier alpha value is -2.34. The molecule has 0 unspecified atom stereocenters. The number of aryl methyl sites for hydroxylation is 1. The molecule has 5 nitrogen and oxygen atoms in total. The fourth-order valence-electron chi connectivity index (χ4n) is 2.67. The Balaban J connectivity index is 1.82. The van der Waals surface area contributed by atoms with Crippen LogP contribution in [0.1, 0.15) is 28.8 Å². The SMILES string of the molecule is COc1cc(Br)cc(NC(=O)c2ccc3c(c2)CCCC(=O)N3)c1. The summed E-state index contributed by atoms with van der Waals surface area (Å²) >= 11 is 3.39. The second kappa shape index (κ2) is 7.05. The number of anilines is 2. The molecule has 0 saturated carbocycles. The number of methoxy groups -OCH3 is 1. The molecule has 3 rings (SSSR count). The number of halogens is 1. The number of rotatable bonds is 3. The van der Waals surface area contributed by atoms with Crippen molar-refractivity contribution in [3.05, 3.63) is 52.0 Å². The monoisotopic (exact) mass is 388 g/mol. The summed E-state index contributed by atoms with van der Waals surface area (Å²) in [5, 5.41) is 5.74. The number of carbonyl (C=O) groups excluding carboxylic acids is 2. The lowest BCUT2D eigenvalue weighted by Crippen LogP contribution is -2.13.